The molecule has 2 aromatic carbocycles. The molecule has 6 atom stereocenters. The van der Waals surface area contributed by atoms with Gasteiger partial charge in [0.15, 0.2) is 6.29 Å². The van der Waals surface area contributed by atoms with Crippen molar-refractivity contribution in [3.05, 3.63) is 73.3 Å². The van der Waals surface area contributed by atoms with Crippen molar-refractivity contribution >= 4 is 48.7 Å². The van der Waals surface area contributed by atoms with Crippen molar-refractivity contribution in [1.29, 1.82) is 0 Å². The Hall–Kier alpha value is -2.09. The normalized spacial score (nSPS) is 19.3. The van der Waals surface area contributed by atoms with Gasteiger partial charge in [-0.1, -0.05) is 207 Å². The minimum absolute atomic E-state index is 0.00276. The maximum absolute atomic E-state index is 14.9. The standard InChI is InChI=1S/C50H79Cl3NO11P/c1-4-7-9-11-13-15-17-19-21-29-37-58-41(30-24-20-18-16-14-12-10-8-5-2)35-38-59-47-45(54-49(56)61-40-50(51,52)53)48(60-36-6-3)62-44(39-55)46(47)65-66(57,63-42-31-25-22-26-32-42)64-43-33-27-23-28-34-43/h6,22-23,25-28,31-34,41,44-48,55H,3-5,7-21,24,29-30,35-40H2,1-2H3,(H,54,56)/t41-,44-,45-,46-,47-,48+/m1/s1. The molecular formula is C50H79Cl3NO11P. The summed E-state index contributed by atoms with van der Waals surface area (Å²) >= 11 is 17.7. The van der Waals surface area contributed by atoms with Crippen LogP contribution in [0.25, 0.3) is 0 Å². The van der Waals surface area contributed by atoms with Crippen LogP contribution in [0, 0.1) is 0 Å². The van der Waals surface area contributed by atoms with Gasteiger partial charge in [-0.2, -0.15) is 0 Å². The van der Waals surface area contributed by atoms with E-state index in [1.807, 2.05) is 0 Å². The van der Waals surface area contributed by atoms with Gasteiger partial charge in [-0.25, -0.2) is 9.36 Å². The van der Waals surface area contributed by atoms with Gasteiger partial charge in [-0.3, -0.25) is 4.52 Å². The quantitative estimate of drug-likeness (QED) is 0.0287. The molecule has 0 aliphatic carbocycles. The molecule has 2 N–H and O–H groups in total. The van der Waals surface area contributed by atoms with Crippen LogP contribution in [0.3, 0.4) is 0 Å². The first kappa shape index (κ1) is 58.2. The molecule has 0 unspecified atom stereocenters. The van der Waals surface area contributed by atoms with Crippen LogP contribution < -0.4 is 14.4 Å². The molecule has 2 aromatic rings. The fourth-order valence-corrected chi connectivity index (χ4v) is 9.36. The monoisotopic (exact) mass is 1010 g/mol. The number of halogens is 3. The van der Waals surface area contributed by atoms with Gasteiger partial charge in [0.05, 0.1) is 19.3 Å². The number of carbonyl (C=O) groups excluding carboxylic acids is 1. The molecule has 0 spiro atoms. The van der Waals surface area contributed by atoms with Crippen LogP contribution in [-0.4, -0.2) is 84.8 Å². The van der Waals surface area contributed by atoms with Crippen molar-refractivity contribution < 1.29 is 51.7 Å². The average molecular weight is 1010 g/mol. The van der Waals surface area contributed by atoms with Crippen molar-refractivity contribution in [3.63, 3.8) is 0 Å². The summed E-state index contributed by atoms with van der Waals surface area (Å²) in [6.07, 6.45) is 20.0. The Morgan fingerprint density at radius 2 is 1.26 bits per heavy atom. The molecule has 0 saturated carbocycles. The van der Waals surface area contributed by atoms with Crippen molar-refractivity contribution in [2.45, 2.75) is 189 Å². The maximum atomic E-state index is 14.9. The highest BCUT2D eigenvalue weighted by Gasteiger charge is 2.52. The number of hydrogen-bond donors (Lipinski definition) is 2. The Kier molecular flexibility index (Phi) is 30.9. The van der Waals surface area contributed by atoms with E-state index < -0.39 is 61.6 Å². The van der Waals surface area contributed by atoms with Crippen LogP contribution in [0.1, 0.15) is 149 Å². The van der Waals surface area contributed by atoms with Gasteiger partial charge in [0.2, 0.25) is 3.79 Å². The number of phosphoric acid groups is 1. The number of ether oxygens (including phenoxy) is 5. The Morgan fingerprint density at radius 3 is 1.76 bits per heavy atom. The minimum Gasteiger partial charge on any atom is -0.445 e. The second-order valence-corrected chi connectivity index (χ2v) is 20.9. The summed E-state index contributed by atoms with van der Waals surface area (Å²) in [5, 5.41) is 13.5. The number of para-hydroxylation sites is 2. The lowest BCUT2D eigenvalue weighted by atomic mass is 9.96. The van der Waals surface area contributed by atoms with E-state index in [0.29, 0.717) is 13.0 Å². The number of alkyl carbamates (subject to hydrolysis) is 1. The lowest BCUT2D eigenvalue weighted by Gasteiger charge is -2.45. The molecule has 0 radical (unpaired) electrons. The van der Waals surface area contributed by atoms with E-state index in [1.54, 1.807) is 60.7 Å². The van der Waals surface area contributed by atoms with Gasteiger partial charge < -0.3 is 43.2 Å². The van der Waals surface area contributed by atoms with E-state index in [2.05, 4.69) is 25.7 Å². The topological polar surface area (TPSA) is 140 Å². The van der Waals surface area contributed by atoms with E-state index in [0.717, 1.165) is 32.1 Å². The molecule has 1 amide bonds. The molecule has 16 heteroatoms. The first-order valence-electron chi connectivity index (χ1n) is 24.5. The number of hydrogen-bond acceptors (Lipinski definition) is 11. The third kappa shape index (κ3) is 25.5. The first-order valence-corrected chi connectivity index (χ1v) is 27.1. The Morgan fingerprint density at radius 1 is 0.742 bits per heavy atom. The summed E-state index contributed by atoms with van der Waals surface area (Å²) in [4.78, 5) is 13.4. The zero-order valence-corrected chi connectivity index (χ0v) is 42.7. The number of carbonyl (C=O) groups is 1. The molecule has 0 aromatic heterocycles. The van der Waals surface area contributed by atoms with E-state index in [-0.39, 0.29) is 30.8 Å². The van der Waals surface area contributed by atoms with Gasteiger partial charge >= 0.3 is 13.9 Å². The number of benzene rings is 2. The van der Waals surface area contributed by atoms with Gasteiger partial charge in [0, 0.05) is 13.2 Å². The smallest absolute Gasteiger partial charge is 0.445 e. The van der Waals surface area contributed by atoms with E-state index >= 15 is 0 Å². The SMILES string of the molecule is C=CCO[C@H]1O[C@H](CO)[C@@H](OP(=O)(Oc2ccccc2)Oc2ccccc2)[C@H](OCC[C@@H](CCCCCCCCCCC)OCCCCCCCCCCCC)[C@H]1NC(=O)OCC(Cl)(Cl)Cl. The largest absolute Gasteiger partial charge is 0.588 e. The van der Waals surface area contributed by atoms with Gasteiger partial charge in [-0.15, -0.1) is 6.58 Å². The highest BCUT2D eigenvalue weighted by Crippen LogP contribution is 2.52. The van der Waals surface area contributed by atoms with Crippen LogP contribution in [0.5, 0.6) is 11.5 Å². The van der Waals surface area contributed by atoms with E-state index in [4.69, 9.17) is 72.1 Å². The minimum atomic E-state index is -4.62. The summed E-state index contributed by atoms with van der Waals surface area (Å²) in [6.45, 7) is 7.81. The molecule has 0 bridgehead atoms. The molecular weight excluding hydrogens is 928 g/mol. The van der Waals surface area contributed by atoms with Crippen molar-refractivity contribution in [2.24, 2.45) is 0 Å². The summed E-state index contributed by atoms with van der Waals surface area (Å²) < 4.78 is 62.0. The Bertz CT molecular complexity index is 1530. The van der Waals surface area contributed by atoms with Crippen LogP contribution >= 0.6 is 42.6 Å². The molecule has 376 valence electrons. The van der Waals surface area contributed by atoms with E-state index in [9.17, 15) is 14.5 Å². The van der Waals surface area contributed by atoms with Crippen LogP contribution in [0.2, 0.25) is 0 Å². The number of nitrogens with one attached hydrogen (secondary N) is 1. The molecule has 1 aliphatic heterocycles. The summed E-state index contributed by atoms with van der Waals surface area (Å²) in [6, 6.07) is 15.6. The summed E-state index contributed by atoms with van der Waals surface area (Å²) in [5.41, 5.74) is 0. The molecule has 1 saturated heterocycles. The molecule has 1 heterocycles. The second-order valence-electron chi connectivity index (χ2n) is 17.0. The van der Waals surface area contributed by atoms with Gasteiger partial charge in [-0.05, 0) is 43.5 Å². The number of amides is 1. The zero-order chi connectivity index (χ0) is 47.7. The Balaban J connectivity index is 1.86. The highest BCUT2D eigenvalue weighted by molar-refractivity contribution is 7.49. The van der Waals surface area contributed by atoms with Crippen LogP contribution in [0.15, 0.2) is 73.3 Å². The highest BCUT2D eigenvalue weighted by atomic mass is 35.6. The summed E-state index contributed by atoms with van der Waals surface area (Å²) in [7, 11) is -4.62. The molecule has 1 fully saturated rings. The number of alkyl halides is 3. The number of aliphatic hydroxyl groups is 1. The number of phosphoric ester groups is 1. The molecule has 1 aliphatic rings. The Labute approximate surface area is 411 Å². The fourth-order valence-electron chi connectivity index (χ4n) is 7.76. The zero-order valence-electron chi connectivity index (χ0n) is 39.5. The van der Waals surface area contributed by atoms with Crippen molar-refractivity contribution in [3.8, 4) is 11.5 Å². The second kappa shape index (κ2) is 35.1. The van der Waals surface area contributed by atoms with Gasteiger partial charge in [0.25, 0.3) is 0 Å². The summed E-state index contributed by atoms with van der Waals surface area (Å²) in [5.74, 6) is 0.394. The molecule has 3 rings (SSSR count). The van der Waals surface area contributed by atoms with Crippen LogP contribution in [-0.2, 0) is 32.8 Å². The van der Waals surface area contributed by atoms with Crippen LogP contribution in [0.4, 0.5) is 4.79 Å². The maximum Gasteiger partial charge on any atom is 0.588 e. The average Bonchev–Trinajstić information content (AvgIpc) is 3.30. The predicted octanol–water partition coefficient (Wildman–Crippen LogP) is 14.0. The fraction of sp³-hybridized carbons (Fsp3) is 0.700. The molecule has 12 nitrogen and oxygen atoms in total. The first-order chi connectivity index (χ1) is 32.0. The number of rotatable bonds is 38. The third-order valence-electron chi connectivity index (χ3n) is 11.3. The van der Waals surface area contributed by atoms with Crippen molar-refractivity contribution in [2.75, 3.05) is 33.0 Å². The van der Waals surface area contributed by atoms with Crippen molar-refractivity contribution in [1.82, 2.24) is 5.32 Å². The third-order valence-corrected chi connectivity index (χ3v) is 13.0. The predicted molar refractivity (Wildman–Crippen MR) is 265 cm³/mol. The number of unbranched alkanes of at least 4 members (excludes halogenated alkanes) is 17. The van der Waals surface area contributed by atoms with E-state index in [1.165, 1.54) is 102 Å². The molecule has 66 heavy (non-hydrogen) atoms. The van der Waals surface area contributed by atoms with Gasteiger partial charge in [0.1, 0.15) is 42.5 Å². The number of aliphatic hydroxyl groups excluding tert-OH is 1. The lowest BCUT2D eigenvalue weighted by Crippen LogP contribution is -2.66. The lowest BCUT2D eigenvalue weighted by molar-refractivity contribution is -0.271.